The third-order valence-corrected chi connectivity index (χ3v) is 11.9. The first kappa shape index (κ1) is 43.9. The zero-order chi connectivity index (χ0) is 41.7. The van der Waals surface area contributed by atoms with Crippen molar-refractivity contribution in [3.05, 3.63) is 134 Å². The first-order valence-corrected chi connectivity index (χ1v) is 21.2. The Kier molecular flexibility index (Phi) is 12.8. The van der Waals surface area contributed by atoms with Gasteiger partial charge in [-0.3, -0.25) is 9.59 Å². The van der Waals surface area contributed by atoms with E-state index in [1.165, 1.54) is 73.5 Å². The number of carbonyl (C=O) groups excluding carboxylic acids is 2. The minimum Gasteiger partial charge on any atom is -0.327 e. The first-order valence-electron chi connectivity index (χ1n) is 21.2. The molecular weight excluding hydrogens is 792 g/mol. The smallest absolute Gasteiger partial charge is 0.159 e. The number of aromatic nitrogens is 8. The molecule has 0 spiro atoms. The summed E-state index contributed by atoms with van der Waals surface area (Å²) in [6.45, 7) is 15.2. The summed E-state index contributed by atoms with van der Waals surface area (Å²) in [5, 5.41) is 0. The second-order valence-corrected chi connectivity index (χ2v) is 17.0. The Labute approximate surface area is 369 Å². The van der Waals surface area contributed by atoms with Crippen LogP contribution < -0.4 is 0 Å². The number of imidazole rings is 4. The summed E-state index contributed by atoms with van der Waals surface area (Å²) in [6.07, 6.45) is 17.8. The highest BCUT2D eigenvalue weighted by Gasteiger charge is 2.27. The maximum atomic E-state index is 11.3. The molecule has 0 radical (unpaired) electrons. The number of Topliss-reactive ketones (excluding diaryl/α,β-unsaturated/α-hetero) is 2. The zero-order valence-electron chi connectivity index (χ0n) is 35.4. The van der Waals surface area contributed by atoms with Gasteiger partial charge in [0.25, 0.3) is 0 Å². The largest absolute Gasteiger partial charge is 0.327 e. The molecule has 4 saturated carbocycles. The van der Waals surface area contributed by atoms with Gasteiger partial charge in [-0.05, 0) is 151 Å². The second-order valence-electron chi connectivity index (χ2n) is 17.0. The monoisotopic (exact) mass is 848 g/mol. The Balaban J connectivity index is 0.000000123. The number of ketones is 2. The van der Waals surface area contributed by atoms with Crippen LogP contribution in [0.4, 0.5) is 0 Å². The van der Waals surface area contributed by atoms with Crippen LogP contribution in [0.25, 0.3) is 55.3 Å². The third-order valence-electron chi connectivity index (χ3n) is 11.9. The van der Waals surface area contributed by atoms with Crippen LogP contribution in [-0.4, -0.2) is 49.8 Å². The topological polar surface area (TPSA) is 105 Å². The fourth-order valence-corrected chi connectivity index (χ4v) is 7.66. The van der Waals surface area contributed by atoms with Crippen LogP contribution in [0.1, 0.15) is 142 Å². The molecule has 0 amide bonds. The van der Waals surface area contributed by atoms with Crippen molar-refractivity contribution in [1.82, 2.24) is 38.2 Å². The molecule has 0 atom stereocenters. The summed E-state index contributed by atoms with van der Waals surface area (Å²) in [4.78, 5) is 40.0. The fraction of sp³-hybridized carbons (Fsp3) is 0.333. The van der Waals surface area contributed by atoms with Crippen molar-refractivity contribution >= 4 is 79.3 Å². The minimum absolute atomic E-state index is 0. The quantitative estimate of drug-likeness (QED) is 0.141. The van der Waals surface area contributed by atoms with Gasteiger partial charge >= 0.3 is 0 Å². The van der Waals surface area contributed by atoms with Gasteiger partial charge in [-0.2, -0.15) is 0 Å². The normalized spacial score (nSPS) is 15.3. The second kappa shape index (κ2) is 18.1. The van der Waals surface area contributed by atoms with Gasteiger partial charge in [-0.15, -0.1) is 12.4 Å². The van der Waals surface area contributed by atoms with E-state index in [1.54, 1.807) is 13.8 Å². The maximum Gasteiger partial charge on any atom is 0.159 e. The van der Waals surface area contributed by atoms with Crippen LogP contribution in [0, 0.1) is 0 Å². The predicted molar refractivity (Wildman–Crippen MR) is 255 cm³/mol. The molecule has 4 aromatic carbocycles. The lowest BCUT2D eigenvalue weighted by Gasteiger charge is -2.03. The summed E-state index contributed by atoms with van der Waals surface area (Å²) >= 11 is 0. The third kappa shape index (κ3) is 9.50. The highest BCUT2D eigenvalue weighted by atomic mass is 35.5. The molecule has 4 aromatic heterocycles. The highest BCUT2D eigenvalue weighted by molar-refractivity contribution is 5.98. The van der Waals surface area contributed by atoms with E-state index in [9.17, 15) is 9.59 Å². The molecule has 62 heavy (non-hydrogen) atoms. The average molecular weight is 850 g/mol. The molecule has 10 nitrogen and oxygen atoms in total. The van der Waals surface area contributed by atoms with Gasteiger partial charge < -0.3 is 18.3 Å². The van der Waals surface area contributed by atoms with Crippen molar-refractivity contribution in [3.8, 4) is 0 Å². The molecular formula is C51H57ClN8O2. The maximum absolute atomic E-state index is 11.3. The molecule has 0 N–H and O–H groups in total. The molecule has 4 fully saturated rings. The molecule has 11 heteroatoms. The van der Waals surface area contributed by atoms with Crippen molar-refractivity contribution in [2.24, 2.45) is 0 Å². The van der Waals surface area contributed by atoms with Crippen molar-refractivity contribution in [1.29, 1.82) is 0 Å². The number of benzene rings is 4. The summed E-state index contributed by atoms with van der Waals surface area (Å²) in [5.41, 5.74) is 14.9. The lowest BCUT2D eigenvalue weighted by molar-refractivity contribution is 0.100. The Morgan fingerprint density at radius 2 is 0.726 bits per heavy atom. The van der Waals surface area contributed by atoms with E-state index < -0.39 is 0 Å². The molecule has 4 aliphatic carbocycles. The molecule has 4 heterocycles. The molecule has 0 saturated heterocycles. The van der Waals surface area contributed by atoms with Crippen LogP contribution in [-0.2, 0) is 0 Å². The summed E-state index contributed by atoms with van der Waals surface area (Å²) in [7, 11) is 0. The summed E-state index contributed by atoms with van der Waals surface area (Å²) in [6, 6.07) is 26.9. The van der Waals surface area contributed by atoms with E-state index in [-0.39, 0.29) is 31.4 Å². The number of fused-ring (bicyclic) bond motifs is 4. The van der Waals surface area contributed by atoms with E-state index in [0.29, 0.717) is 24.2 Å². The van der Waals surface area contributed by atoms with Crippen molar-refractivity contribution in [3.63, 3.8) is 0 Å². The Bertz CT molecular complexity index is 2750. The standard InChI is InChI=1S/2C13H14N2.2C12H12N2O.CH4.ClH/c1-9(2)10-3-6-13-12(7-10)14-8-15(13)11-4-5-11;1-9(2)10-3-6-12-13(7-10)15(8-14-12)11-4-5-11;1-8(15)9-2-5-12-11(6-9)13-7-14(12)10-3-4-10;1-8(15)9-2-5-11-12(6-9)14(7-13-11)10-3-4-10;;/h2*3,6-8,11H,1,4-5H2,2H3;2*2,5-7,10H,3-4H2,1H3;1H4;1H. The molecule has 320 valence electrons. The minimum atomic E-state index is 0. The molecule has 12 rings (SSSR count). The summed E-state index contributed by atoms with van der Waals surface area (Å²) in [5.74, 6) is 0.207. The van der Waals surface area contributed by atoms with Gasteiger partial charge in [0.2, 0.25) is 0 Å². The van der Waals surface area contributed by atoms with Crippen LogP contribution in [0.3, 0.4) is 0 Å². The molecule has 4 aliphatic rings. The Morgan fingerprint density at radius 3 is 1.11 bits per heavy atom. The van der Waals surface area contributed by atoms with E-state index in [0.717, 1.165) is 55.4 Å². The number of hydrogen-bond donors (Lipinski definition) is 0. The van der Waals surface area contributed by atoms with Crippen molar-refractivity contribution in [2.75, 3.05) is 0 Å². The molecule has 8 aromatic rings. The Morgan fingerprint density at radius 1 is 0.435 bits per heavy atom. The van der Waals surface area contributed by atoms with E-state index in [4.69, 9.17) is 0 Å². The van der Waals surface area contributed by atoms with E-state index in [1.807, 2.05) is 75.6 Å². The lowest BCUT2D eigenvalue weighted by atomic mass is 10.1. The average Bonchev–Trinajstić information content (AvgIpc) is 4.08. The van der Waals surface area contributed by atoms with Gasteiger partial charge in [0, 0.05) is 35.3 Å². The van der Waals surface area contributed by atoms with Crippen LogP contribution in [0.15, 0.2) is 111 Å². The lowest BCUT2D eigenvalue weighted by Crippen LogP contribution is -1.94. The van der Waals surface area contributed by atoms with E-state index in [2.05, 4.69) is 87.8 Å². The summed E-state index contributed by atoms with van der Waals surface area (Å²) < 4.78 is 8.97. The SMILES string of the molecule is C.C=C(C)c1ccc2c(c1)ncn2C1CC1.C=C(C)c1ccc2ncn(C3CC3)c2c1.CC(=O)c1ccc2c(c1)ncn2C1CC1.CC(=O)c1ccc2ncn(C3CC3)c2c1.Cl. The Hall–Kier alpha value is -6.13. The van der Waals surface area contributed by atoms with Gasteiger partial charge in [0.05, 0.1) is 69.4 Å². The van der Waals surface area contributed by atoms with Gasteiger partial charge in [0.1, 0.15) is 0 Å². The van der Waals surface area contributed by atoms with Crippen molar-refractivity contribution in [2.45, 2.75) is 111 Å². The number of halogens is 1. The number of carbonyl (C=O) groups is 2. The molecule has 0 aliphatic heterocycles. The van der Waals surface area contributed by atoms with Crippen LogP contribution in [0.5, 0.6) is 0 Å². The predicted octanol–water partition coefficient (Wildman–Crippen LogP) is 13.0. The van der Waals surface area contributed by atoms with Gasteiger partial charge in [-0.25, -0.2) is 19.9 Å². The molecule has 0 bridgehead atoms. The van der Waals surface area contributed by atoms with Gasteiger partial charge in [0.15, 0.2) is 11.6 Å². The van der Waals surface area contributed by atoms with Crippen LogP contribution in [0.2, 0.25) is 0 Å². The zero-order valence-corrected chi connectivity index (χ0v) is 36.2. The van der Waals surface area contributed by atoms with Gasteiger partial charge in [-0.1, -0.05) is 43.9 Å². The number of nitrogens with zero attached hydrogens (tertiary/aromatic N) is 8. The van der Waals surface area contributed by atoms with E-state index >= 15 is 0 Å². The fourth-order valence-electron chi connectivity index (χ4n) is 7.66. The number of rotatable bonds is 8. The number of hydrogen-bond acceptors (Lipinski definition) is 6. The highest BCUT2D eigenvalue weighted by Crippen LogP contribution is 2.40. The first-order chi connectivity index (χ1) is 29.0. The molecule has 0 unspecified atom stereocenters. The van der Waals surface area contributed by atoms with Crippen LogP contribution >= 0.6 is 12.4 Å². The number of allylic oxidation sites excluding steroid dienone is 2. The van der Waals surface area contributed by atoms with Crippen molar-refractivity contribution < 1.29 is 9.59 Å².